The third-order valence-corrected chi connectivity index (χ3v) is 6.47. The highest BCUT2D eigenvalue weighted by Gasteiger charge is 2.31. The Morgan fingerprint density at radius 3 is 2.58 bits per heavy atom. The summed E-state index contributed by atoms with van der Waals surface area (Å²) in [5.74, 6) is 1.35. The molecule has 3 heterocycles. The number of hydrogen-bond donors (Lipinski definition) is 1. The van der Waals surface area contributed by atoms with E-state index in [4.69, 9.17) is 9.47 Å². The quantitative estimate of drug-likeness (QED) is 0.644. The van der Waals surface area contributed by atoms with Crippen LogP contribution in [0.1, 0.15) is 44.5 Å². The maximum atomic E-state index is 13.2. The zero-order valence-corrected chi connectivity index (χ0v) is 17.7. The molecule has 0 aliphatic carbocycles. The third kappa shape index (κ3) is 4.01. The summed E-state index contributed by atoms with van der Waals surface area (Å²) in [6.45, 7) is 1.82. The van der Waals surface area contributed by atoms with Gasteiger partial charge in [-0.3, -0.25) is 9.59 Å². The van der Waals surface area contributed by atoms with Crippen molar-refractivity contribution in [2.24, 2.45) is 0 Å². The van der Waals surface area contributed by atoms with Crippen molar-refractivity contribution in [1.29, 1.82) is 0 Å². The predicted molar refractivity (Wildman–Crippen MR) is 119 cm³/mol. The van der Waals surface area contributed by atoms with Crippen molar-refractivity contribution < 1.29 is 19.1 Å². The molecule has 2 amide bonds. The van der Waals surface area contributed by atoms with Gasteiger partial charge in [0.05, 0.1) is 10.9 Å². The topological polar surface area (TPSA) is 67.9 Å². The summed E-state index contributed by atoms with van der Waals surface area (Å²) in [6, 6.07) is 16.7. The molecule has 2 aromatic carbocycles. The molecule has 0 spiro atoms. The van der Waals surface area contributed by atoms with Crippen LogP contribution in [-0.2, 0) is 0 Å². The van der Waals surface area contributed by atoms with Crippen molar-refractivity contribution in [3.05, 3.63) is 76.0 Å². The number of nitrogens with zero attached hydrogens (tertiary/aromatic N) is 1. The maximum Gasteiger partial charge on any atom is 0.265 e. The van der Waals surface area contributed by atoms with Gasteiger partial charge in [-0.1, -0.05) is 12.1 Å². The van der Waals surface area contributed by atoms with Gasteiger partial charge in [0.2, 0.25) is 0 Å². The number of carbonyl (C=O) groups is 2. The van der Waals surface area contributed by atoms with Crippen LogP contribution in [0.4, 0.5) is 5.69 Å². The molecule has 0 bridgehead atoms. The number of carbonyl (C=O) groups excluding carboxylic acids is 2. The average molecular weight is 435 g/mol. The smallest absolute Gasteiger partial charge is 0.265 e. The number of benzene rings is 2. The highest BCUT2D eigenvalue weighted by Crippen LogP contribution is 2.38. The first kappa shape index (κ1) is 19.6. The van der Waals surface area contributed by atoms with Crippen molar-refractivity contribution in [3.8, 4) is 11.5 Å². The van der Waals surface area contributed by atoms with Crippen LogP contribution >= 0.6 is 11.3 Å². The lowest BCUT2D eigenvalue weighted by molar-refractivity contribution is 0.0735. The van der Waals surface area contributed by atoms with E-state index in [0.717, 1.165) is 36.4 Å². The summed E-state index contributed by atoms with van der Waals surface area (Å²) in [6.07, 6.45) is 1.88. The minimum atomic E-state index is -0.146. The first-order valence-corrected chi connectivity index (χ1v) is 11.2. The molecule has 0 unspecified atom stereocenters. The second-order valence-electron chi connectivity index (χ2n) is 7.57. The van der Waals surface area contributed by atoms with Crippen LogP contribution in [0.15, 0.2) is 60.0 Å². The first-order chi connectivity index (χ1) is 15.2. The number of nitrogens with one attached hydrogen (secondary N) is 1. The molecule has 0 radical (unpaired) electrons. The zero-order valence-electron chi connectivity index (χ0n) is 16.9. The Morgan fingerprint density at radius 2 is 1.81 bits per heavy atom. The van der Waals surface area contributed by atoms with Crippen LogP contribution < -0.4 is 14.8 Å². The van der Waals surface area contributed by atoms with Gasteiger partial charge in [0.15, 0.2) is 11.5 Å². The van der Waals surface area contributed by atoms with E-state index in [-0.39, 0.29) is 17.9 Å². The molecule has 1 N–H and O–H groups in total. The van der Waals surface area contributed by atoms with Crippen LogP contribution in [0.2, 0.25) is 0 Å². The Bertz CT molecular complexity index is 1100. The summed E-state index contributed by atoms with van der Waals surface area (Å²) in [4.78, 5) is 28.0. The molecule has 3 aromatic rings. The molecule has 2 aliphatic rings. The SMILES string of the molecule is O=C(Nc1ccc(C(=O)N2CCC[C@@H]2c2ccc3c(c2)OCCO3)cc1)c1cccs1. The average Bonchev–Trinajstić information content (AvgIpc) is 3.51. The lowest BCUT2D eigenvalue weighted by atomic mass is 10.0. The number of fused-ring (bicyclic) bond motifs is 1. The Hall–Kier alpha value is -3.32. The summed E-state index contributed by atoms with van der Waals surface area (Å²) in [5.41, 5.74) is 2.34. The molecule has 2 aliphatic heterocycles. The van der Waals surface area contributed by atoms with E-state index in [9.17, 15) is 9.59 Å². The van der Waals surface area contributed by atoms with Crippen molar-refractivity contribution in [3.63, 3.8) is 0 Å². The van der Waals surface area contributed by atoms with Gasteiger partial charge in [-0.25, -0.2) is 0 Å². The molecule has 6 nitrogen and oxygen atoms in total. The van der Waals surface area contributed by atoms with Gasteiger partial charge in [0, 0.05) is 17.8 Å². The molecule has 1 atom stereocenters. The van der Waals surface area contributed by atoms with Gasteiger partial charge in [0.25, 0.3) is 11.8 Å². The number of ether oxygens (including phenoxy) is 2. The highest BCUT2D eigenvalue weighted by molar-refractivity contribution is 7.12. The lowest BCUT2D eigenvalue weighted by Gasteiger charge is -2.27. The molecular weight excluding hydrogens is 412 g/mol. The van der Waals surface area contributed by atoms with Crippen molar-refractivity contribution in [1.82, 2.24) is 4.90 Å². The van der Waals surface area contributed by atoms with E-state index >= 15 is 0 Å². The number of thiophene rings is 1. The lowest BCUT2D eigenvalue weighted by Crippen LogP contribution is -2.30. The highest BCUT2D eigenvalue weighted by atomic mass is 32.1. The van der Waals surface area contributed by atoms with Crippen LogP contribution in [0.3, 0.4) is 0 Å². The molecule has 1 fully saturated rings. The monoisotopic (exact) mass is 434 g/mol. The van der Waals surface area contributed by atoms with E-state index in [2.05, 4.69) is 5.32 Å². The number of anilines is 1. The van der Waals surface area contributed by atoms with Gasteiger partial charge < -0.3 is 19.7 Å². The van der Waals surface area contributed by atoms with Gasteiger partial charge in [-0.2, -0.15) is 0 Å². The zero-order chi connectivity index (χ0) is 21.2. The fraction of sp³-hybridized carbons (Fsp3) is 0.250. The Morgan fingerprint density at radius 1 is 1.00 bits per heavy atom. The fourth-order valence-electron chi connectivity index (χ4n) is 4.09. The molecule has 1 saturated heterocycles. The van der Waals surface area contributed by atoms with Crippen LogP contribution in [0.25, 0.3) is 0 Å². The fourth-order valence-corrected chi connectivity index (χ4v) is 4.70. The number of hydrogen-bond acceptors (Lipinski definition) is 5. The molecule has 31 heavy (non-hydrogen) atoms. The summed E-state index contributed by atoms with van der Waals surface area (Å²) in [7, 11) is 0. The van der Waals surface area contributed by atoms with Gasteiger partial charge >= 0.3 is 0 Å². The van der Waals surface area contributed by atoms with Gasteiger partial charge in [-0.05, 0) is 66.2 Å². The van der Waals surface area contributed by atoms with Crippen LogP contribution in [-0.4, -0.2) is 36.5 Å². The first-order valence-electron chi connectivity index (χ1n) is 10.3. The second-order valence-corrected chi connectivity index (χ2v) is 8.52. The minimum absolute atomic E-state index is 0.00600. The van der Waals surface area contributed by atoms with E-state index in [0.29, 0.717) is 29.3 Å². The van der Waals surface area contributed by atoms with E-state index in [1.54, 1.807) is 30.3 Å². The number of rotatable bonds is 4. The Kier molecular flexibility index (Phi) is 5.34. The van der Waals surface area contributed by atoms with Gasteiger partial charge in [0.1, 0.15) is 13.2 Å². The summed E-state index contributed by atoms with van der Waals surface area (Å²) in [5, 5.41) is 4.73. The normalized spacial score (nSPS) is 17.4. The molecular formula is C24H22N2O4S. The van der Waals surface area contributed by atoms with Gasteiger partial charge in [-0.15, -0.1) is 11.3 Å². The maximum absolute atomic E-state index is 13.2. The summed E-state index contributed by atoms with van der Waals surface area (Å²) >= 11 is 1.39. The molecule has 5 rings (SSSR count). The minimum Gasteiger partial charge on any atom is -0.486 e. The Balaban J connectivity index is 1.30. The molecule has 158 valence electrons. The molecule has 0 saturated carbocycles. The third-order valence-electron chi connectivity index (χ3n) is 5.60. The van der Waals surface area contributed by atoms with E-state index < -0.39 is 0 Å². The second kappa shape index (κ2) is 8.43. The molecule has 7 heteroatoms. The standard InChI is InChI=1S/C24H22N2O4S/c27-23(22-4-2-14-31-22)25-18-8-5-16(6-9-18)24(28)26-11-1-3-19(26)17-7-10-20-21(15-17)30-13-12-29-20/h2,4-10,14-15,19H,1,3,11-13H2,(H,25,27)/t19-/m1/s1. The number of likely N-dealkylation sites (tertiary alicyclic amines) is 1. The predicted octanol–water partition coefficient (Wildman–Crippen LogP) is 4.75. The molecule has 1 aromatic heterocycles. The Labute approximate surface area is 184 Å². The summed E-state index contributed by atoms with van der Waals surface area (Å²) < 4.78 is 11.3. The van der Waals surface area contributed by atoms with Crippen molar-refractivity contribution in [2.75, 3.05) is 25.1 Å². The van der Waals surface area contributed by atoms with E-state index in [1.165, 1.54) is 11.3 Å². The van der Waals surface area contributed by atoms with Crippen LogP contribution in [0.5, 0.6) is 11.5 Å². The van der Waals surface area contributed by atoms with E-state index in [1.807, 2.05) is 34.5 Å². The van der Waals surface area contributed by atoms with Crippen molar-refractivity contribution in [2.45, 2.75) is 18.9 Å². The largest absolute Gasteiger partial charge is 0.486 e. The number of amides is 2. The van der Waals surface area contributed by atoms with Crippen molar-refractivity contribution >= 4 is 28.8 Å². The van der Waals surface area contributed by atoms with Crippen LogP contribution in [0, 0.1) is 0 Å².